The van der Waals surface area contributed by atoms with Gasteiger partial charge < -0.3 is 0 Å². The molecule has 0 saturated carbocycles. The Balaban J connectivity index is 0.000000487. The molecule has 160 valence electrons. The average Bonchev–Trinajstić information content (AvgIpc) is 2.74. The Kier molecular flexibility index (Phi) is 11.0. The summed E-state index contributed by atoms with van der Waals surface area (Å²) in [6.45, 7) is 8.94. The van der Waals surface area contributed by atoms with Gasteiger partial charge in [-0.25, -0.2) is 17.6 Å². The monoisotopic (exact) mass is 435 g/mol. The molecular weight excluding hydrogens is 408 g/mol. The van der Waals surface area contributed by atoms with Crippen molar-refractivity contribution in [1.29, 1.82) is 0 Å². The largest absolute Gasteiger partial charge is 0.212 e. The molecule has 0 nitrogen and oxygen atoms in total. The quantitative estimate of drug-likeness (QED) is 0.286. The third kappa shape index (κ3) is 8.07. The average molecular weight is 436 g/mol. The Bertz CT molecular complexity index is 789. The van der Waals surface area contributed by atoms with Crippen LogP contribution in [0, 0.1) is 17.5 Å². The van der Waals surface area contributed by atoms with E-state index in [9.17, 15) is 17.6 Å². The lowest BCUT2D eigenvalue weighted by Gasteiger charge is -2.08. The zero-order chi connectivity index (χ0) is 22.7. The van der Waals surface area contributed by atoms with Gasteiger partial charge in [-0.05, 0) is 99.1 Å². The summed E-state index contributed by atoms with van der Waals surface area (Å²) in [6, 6.07) is 18.5. The first-order chi connectivity index (χ1) is 14.3. The minimum atomic E-state index is -0.539. The van der Waals surface area contributed by atoms with Gasteiger partial charge >= 0.3 is 0 Å². The van der Waals surface area contributed by atoms with Crippen LogP contribution in [0.5, 0.6) is 0 Å². The highest BCUT2D eigenvalue weighted by Gasteiger charge is 2.28. The number of benzene rings is 3. The third-order valence-corrected chi connectivity index (χ3v) is 6.07. The van der Waals surface area contributed by atoms with E-state index in [1.165, 1.54) is 43.3 Å². The summed E-state index contributed by atoms with van der Waals surface area (Å²) in [5.74, 6) is -1.02. The maximum absolute atomic E-state index is 13.2. The van der Waals surface area contributed by atoms with Crippen LogP contribution in [0.3, 0.4) is 0 Å². The Morgan fingerprint density at radius 3 is 0.900 bits per heavy atom. The van der Waals surface area contributed by atoms with E-state index in [4.69, 9.17) is 0 Å². The molecular formula is C25H27F4S+. The summed E-state index contributed by atoms with van der Waals surface area (Å²) in [4.78, 5) is 2.67. The molecule has 30 heavy (non-hydrogen) atoms. The lowest BCUT2D eigenvalue weighted by atomic mass is 10.3. The fourth-order valence-electron chi connectivity index (χ4n) is 2.12. The molecule has 3 aromatic carbocycles. The molecule has 0 bridgehead atoms. The summed E-state index contributed by atoms with van der Waals surface area (Å²) in [6.07, 6.45) is 0. The van der Waals surface area contributed by atoms with Crippen molar-refractivity contribution in [3.8, 4) is 0 Å². The van der Waals surface area contributed by atoms with E-state index in [2.05, 4.69) is 0 Å². The van der Waals surface area contributed by atoms with Crippen LogP contribution >= 0.6 is 0 Å². The Morgan fingerprint density at radius 2 is 0.733 bits per heavy atom. The van der Waals surface area contributed by atoms with Crippen molar-refractivity contribution in [2.45, 2.75) is 49.3 Å². The summed E-state index contributed by atoms with van der Waals surface area (Å²) in [7, 11) is -0.539. The summed E-state index contributed by atoms with van der Waals surface area (Å²) in [5.41, 5.74) is 0.759. The molecule has 3 aromatic rings. The van der Waals surface area contributed by atoms with E-state index in [-0.39, 0.29) is 23.3 Å². The van der Waals surface area contributed by atoms with E-state index in [1.807, 2.05) is 13.8 Å². The van der Waals surface area contributed by atoms with Gasteiger partial charge in [0.25, 0.3) is 0 Å². The van der Waals surface area contributed by atoms with Gasteiger partial charge in [-0.15, -0.1) is 0 Å². The molecule has 0 aliphatic rings. The number of rotatable bonds is 3. The van der Waals surface area contributed by atoms with Gasteiger partial charge in [0.2, 0.25) is 0 Å². The zero-order valence-electron chi connectivity index (χ0n) is 17.8. The second kappa shape index (κ2) is 12.9. The number of allylic oxidation sites excluding steroid dienone is 2. The summed E-state index contributed by atoms with van der Waals surface area (Å²) >= 11 is 0. The van der Waals surface area contributed by atoms with E-state index >= 15 is 0 Å². The Morgan fingerprint density at radius 1 is 0.533 bits per heavy atom. The Hall–Kier alpha value is -2.53. The van der Waals surface area contributed by atoms with Gasteiger partial charge in [0.1, 0.15) is 17.5 Å². The maximum atomic E-state index is 13.2. The first-order valence-corrected chi connectivity index (χ1v) is 10.8. The fourth-order valence-corrected chi connectivity index (χ4v) is 4.16. The molecule has 0 amide bonds. The van der Waals surface area contributed by atoms with Gasteiger partial charge in [-0.3, -0.25) is 0 Å². The number of hydrogen-bond donors (Lipinski definition) is 0. The standard InChI is InChI=1S/C18H12F3S.C5H9F.C2H6/c19-13-1-7-16(8-2-13)22(17-9-3-14(20)4-10-17)18-11-5-15(21)6-12-18;1-4(2)5(3)6;1-2/h1-12H;1-3H3;1-2H3/q+1;;. The van der Waals surface area contributed by atoms with Crippen LogP contribution in [0.25, 0.3) is 0 Å². The zero-order valence-corrected chi connectivity index (χ0v) is 18.7. The fraction of sp³-hybridized carbons (Fsp3) is 0.200. The van der Waals surface area contributed by atoms with Crippen molar-refractivity contribution < 1.29 is 17.6 Å². The van der Waals surface area contributed by atoms with Crippen molar-refractivity contribution >= 4 is 10.9 Å². The normalized spacial score (nSPS) is 9.80. The first-order valence-electron chi connectivity index (χ1n) is 9.58. The molecule has 0 unspecified atom stereocenters. The smallest absolute Gasteiger partial charge is 0.166 e. The van der Waals surface area contributed by atoms with Gasteiger partial charge in [-0.1, -0.05) is 13.8 Å². The van der Waals surface area contributed by atoms with Crippen LogP contribution in [0.15, 0.2) is 98.9 Å². The second-order valence-electron chi connectivity index (χ2n) is 6.20. The van der Waals surface area contributed by atoms with Crippen molar-refractivity contribution in [2.75, 3.05) is 0 Å². The van der Waals surface area contributed by atoms with Gasteiger partial charge in [-0.2, -0.15) is 0 Å². The van der Waals surface area contributed by atoms with Crippen molar-refractivity contribution in [3.63, 3.8) is 0 Å². The molecule has 0 atom stereocenters. The third-order valence-electron chi connectivity index (χ3n) is 3.84. The second-order valence-corrected chi connectivity index (χ2v) is 8.23. The van der Waals surface area contributed by atoms with Crippen molar-refractivity contribution in [2.24, 2.45) is 0 Å². The number of hydrogen-bond acceptors (Lipinski definition) is 0. The highest BCUT2D eigenvalue weighted by atomic mass is 32.2. The van der Waals surface area contributed by atoms with Crippen LogP contribution in [0.4, 0.5) is 17.6 Å². The molecule has 5 heteroatoms. The van der Waals surface area contributed by atoms with Crippen LogP contribution in [0.1, 0.15) is 34.6 Å². The predicted octanol–water partition coefficient (Wildman–Crippen LogP) is 8.50. The molecule has 0 N–H and O–H groups in total. The topological polar surface area (TPSA) is 0 Å². The van der Waals surface area contributed by atoms with Gasteiger partial charge in [0.15, 0.2) is 14.7 Å². The van der Waals surface area contributed by atoms with Gasteiger partial charge in [0, 0.05) is 0 Å². The van der Waals surface area contributed by atoms with E-state index in [1.54, 1.807) is 50.2 Å². The molecule has 0 spiro atoms. The lowest BCUT2D eigenvalue weighted by Crippen LogP contribution is -2.05. The lowest BCUT2D eigenvalue weighted by molar-refractivity contribution is 0.626. The molecule has 3 rings (SSSR count). The van der Waals surface area contributed by atoms with Crippen molar-refractivity contribution in [3.05, 3.63) is 102 Å². The summed E-state index contributed by atoms with van der Waals surface area (Å²) < 4.78 is 51.2. The van der Waals surface area contributed by atoms with Crippen molar-refractivity contribution in [1.82, 2.24) is 0 Å². The number of halogens is 4. The van der Waals surface area contributed by atoms with Crippen LogP contribution < -0.4 is 0 Å². The van der Waals surface area contributed by atoms with E-state index < -0.39 is 10.9 Å². The maximum Gasteiger partial charge on any atom is 0.166 e. The molecule has 0 heterocycles. The minimum Gasteiger partial charge on any atom is -0.212 e. The summed E-state index contributed by atoms with van der Waals surface area (Å²) in [5, 5.41) is 0. The van der Waals surface area contributed by atoms with Crippen LogP contribution in [-0.2, 0) is 10.9 Å². The SMILES string of the molecule is CC.CC(C)=C(C)F.Fc1ccc([S+](c2ccc(F)cc2)c2ccc(F)cc2)cc1. The molecule has 0 aliphatic carbocycles. The highest BCUT2D eigenvalue weighted by molar-refractivity contribution is 7.97. The molecule has 0 fully saturated rings. The minimum absolute atomic E-state index is 0.0741. The highest BCUT2D eigenvalue weighted by Crippen LogP contribution is 2.31. The molecule has 0 aliphatic heterocycles. The van der Waals surface area contributed by atoms with E-state index in [0.717, 1.165) is 20.3 Å². The van der Waals surface area contributed by atoms with Crippen LogP contribution in [0.2, 0.25) is 0 Å². The van der Waals surface area contributed by atoms with Gasteiger partial charge in [0.05, 0.1) is 16.7 Å². The molecule has 0 radical (unpaired) electrons. The Labute approximate surface area is 179 Å². The molecule has 0 aromatic heterocycles. The van der Waals surface area contributed by atoms with Crippen LogP contribution in [-0.4, -0.2) is 0 Å². The molecule has 0 saturated heterocycles. The van der Waals surface area contributed by atoms with E-state index in [0.29, 0.717) is 0 Å². The predicted molar refractivity (Wildman–Crippen MR) is 118 cm³/mol. The first kappa shape index (κ1) is 25.5.